The van der Waals surface area contributed by atoms with Gasteiger partial charge in [-0.15, -0.1) is 0 Å². The topological polar surface area (TPSA) is 82.2 Å². The predicted octanol–water partition coefficient (Wildman–Crippen LogP) is 5.27. The van der Waals surface area contributed by atoms with E-state index in [2.05, 4.69) is 15.6 Å². The minimum atomic E-state index is -0.272. The van der Waals surface area contributed by atoms with Crippen molar-refractivity contribution in [1.82, 2.24) is 14.9 Å². The van der Waals surface area contributed by atoms with Gasteiger partial charge in [0.25, 0.3) is 5.91 Å². The molecule has 0 spiro atoms. The maximum Gasteiger partial charge on any atom is 0.256 e. The van der Waals surface area contributed by atoms with Gasteiger partial charge in [-0.2, -0.15) is 5.10 Å². The molecule has 0 atom stereocenters. The fourth-order valence-corrected chi connectivity index (χ4v) is 3.36. The van der Waals surface area contributed by atoms with Crippen LogP contribution in [0.1, 0.15) is 33.1 Å². The van der Waals surface area contributed by atoms with E-state index in [1.54, 1.807) is 47.1 Å². The summed E-state index contributed by atoms with van der Waals surface area (Å²) >= 11 is 6.11. The number of anilines is 1. The first-order valence-electron chi connectivity index (χ1n) is 9.69. The molecular formula is C23H21ClN4O3. The molecule has 0 saturated carbocycles. The largest absolute Gasteiger partial charge is 0.489 e. The van der Waals surface area contributed by atoms with Crippen LogP contribution in [0.2, 0.25) is 5.02 Å². The predicted molar refractivity (Wildman–Crippen MR) is 118 cm³/mol. The van der Waals surface area contributed by atoms with Crippen LogP contribution in [0.25, 0.3) is 5.69 Å². The SMILES string of the molecule is Cc1cc(NC(=O)c2cccc(OCc3c(C)noc3C)c2)n(-c2cccc(Cl)c2)n1. The van der Waals surface area contributed by atoms with E-state index >= 15 is 0 Å². The van der Waals surface area contributed by atoms with Crippen molar-refractivity contribution in [3.05, 3.63) is 87.9 Å². The number of halogens is 1. The zero-order valence-electron chi connectivity index (χ0n) is 17.3. The van der Waals surface area contributed by atoms with Crippen molar-refractivity contribution < 1.29 is 14.1 Å². The summed E-state index contributed by atoms with van der Waals surface area (Å²) in [6.07, 6.45) is 0. The number of aryl methyl sites for hydroxylation is 3. The van der Waals surface area contributed by atoms with Crippen LogP contribution in [0.3, 0.4) is 0 Å². The highest BCUT2D eigenvalue weighted by Crippen LogP contribution is 2.22. The van der Waals surface area contributed by atoms with Crippen LogP contribution in [-0.4, -0.2) is 20.8 Å². The first-order valence-corrected chi connectivity index (χ1v) is 10.1. The van der Waals surface area contributed by atoms with Crippen LogP contribution in [0, 0.1) is 20.8 Å². The Kier molecular flexibility index (Phi) is 5.77. The summed E-state index contributed by atoms with van der Waals surface area (Å²) in [5, 5.41) is 11.9. The van der Waals surface area contributed by atoms with Crippen LogP contribution >= 0.6 is 11.6 Å². The third-order valence-corrected chi connectivity index (χ3v) is 5.02. The Morgan fingerprint density at radius 2 is 1.94 bits per heavy atom. The Balaban J connectivity index is 1.52. The van der Waals surface area contributed by atoms with E-state index < -0.39 is 0 Å². The van der Waals surface area contributed by atoms with E-state index in [0.29, 0.717) is 28.8 Å². The third-order valence-electron chi connectivity index (χ3n) is 4.79. The van der Waals surface area contributed by atoms with Crippen molar-refractivity contribution in [3.63, 3.8) is 0 Å². The second-order valence-electron chi connectivity index (χ2n) is 7.14. The van der Waals surface area contributed by atoms with E-state index in [1.165, 1.54) is 0 Å². The number of carbonyl (C=O) groups is 1. The number of ether oxygens (including phenoxy) is 1. The quantitative estimate of drug-likeness (QED) is 0.445. The highest BCUT2D eigenvalue weighted by molar-refractivity contribution is 6.30. The number of carbonyl (C=O) groups excluding carboxylic acids is 1. The molecule has 0 fully saturated rings. The molecule has 158 valence electrons. The molecule has 1 N–H and O–H groups in total. The number of hydrogen-bond donors (Lipinski definition) is 1. The third kappa shape index (κ3) is 4.62. The van der Waals surface area contributed by atoms with Gasteiger partial charge in [0, 0.05) is 16.7 Å². The lowest BCUT2D eigenvalue weighted by Gasteiger charge is -2.11. The molecule has 0 aliphatic carbocycles. The fourth-order valence-electron chi connectivity index (χ4n) is 3.17. The van der Waals surface area contributed by atoms with Crippen LogP contribution < -0.4 is 10.1 Å². The molecule has 0 aliphatic heterocycles. The average molecular weight is 437 g/mol. The molecule has 2 aromatic heterocycles. The van der Waals surface area contributed by atoms with Gasteiger partial charge in [0.2, 0.25) is 0 Å². The Bertz CT molecular complexity index is 1230. The first kappa shape index (κ1) is 20.7. The number of benzene rings is 2. The molecule has 0 unspecified atom stereocenters. The van der Waals surface area contributed by atoms with Crippen molar-refractivity contribution in [2.45, 2.75) is 27.4 Å². The first-order chi connectivity index (χ1) is 14.9. The molecule has 2 aromatic carbocycles. The summed E-state index contributed by atoms with van der Waals surface area (Å²) in [6, 6.07) is 16.1. The average Bonchev–Trinajstić information content (AvgIpc) is 3.28. The maximum absolute atomic E-state index is 12.9. The minimum Gasteiger partial charge on any atom is -0.489 e. The van der Waals surface area contributed by atoms with Crippen molar-refractivity contribution in [2.75, 3.05) is 5.32 Å². The number of nitrogens with one attached hydrogen (secondary N) is 1. The number of rotatable bonds is 6. The van der Waals surface area contributed by atoms with Gasteiger partial charge in [-0.05, 0) is 57.2 Å². The van der Waals surface area contributed by atoms with Gasteiger partial charge in [0.15, 0.2) is 0 Å². The Labute approximate surface area is 184 Å². The number of aromatic nitrogens is 3. The summed E-state index contributed by atoms with van der Waals surface area (Å²) in [4.78, 5) is 12.9. The van der Waals surface area contributed by atoms with Gasteiger partial charge in [-0.25, -0.2) is 4.68 Å². The molecule has 0 bridgehead atoms. The normalized spacial score (nSPS) is 10.8. The maximum atomic E-state index is 12.9. The zero-order chi connectivity index (χ0) is 22.0. The van der Waals surface area contributed by atoms with Crippen molar-refractivity contribution in [1.29, 1.82) is 0 Å². The number of nitrogens with zero attached hydrogens (tertiary/aromatic N) is 3. The van der Waals surface area contributed by atoms with Gasteiger partial charge in [0.05, 0.1) is 22.6 Å². The number of hydrogen-bond acceptors (Lipinski definition) is 5. The summed E-state index contributed by atoms with van der Waals surface area (Å²) in [6.45, 7) is 5.88. The van der Waals surface area contributed by atoms with Gasteiger partial charge in [-0.3, -0.25) is 4.79 Å². The molecule has 4 rings (SSSR count). The summed E-state index contributed by atoms with van der Waals surface area (Å²) < 4.78 is 12.7. The standard InChI is InChI=1S/C23H21ClN4O3/c1-14-10-22(28(26-14)19-8-5-7-18(24)12-19)25-23(29)17-6-4-9-20(11-17)30-13-21-15(2)27-31-16(21)3/h4-12H,13H2,1-3H3,(H,25,29). The second-order valence-corrected chi connectivity index (χ2v) is 7.57. The summed E-state index contributed by atoms with van der Waals surface area (Å²) in [5.74, 6) is 1.57. The van der Waals surface area contributed by atoms with Gasteiger partial charge >= 0.3 is 0 Å². The van der Waals surface area contributed by atoms with E-state index in [-0.39, 0.29) is 5.91 Å². The Hall–Kier alpha value is -3.58. The highest BCUT2D eigenvalue weighted by atomic mass is 35.5. The van der Waals surface area contributed by atoms with E-state index in [4.69, 9.17) is 20.9 Å². The lowest BCUT2D eigenvalue weighted by atomic mass is 10.2. The molecule has 8 heteroatoms. The van der Waals surface area contributed by atoms with Crippen LogP contribution in [-0.2, 0) is 6.61 Å². The van der Waals surface area contributed by atoms with E-state index in [9.17, 15) is 4.79 Å². The van der Waals surface area contributed by atoms with Crippen molar-refractivity contribution in [3.8, 4) is 11.4 Å². The van der Waals surface area contributed by atoms with Gasteiger partial charge in [0.1, 0.15) is 23.9 Å². The molecular weight excluding hydrogens is 416 g/mol. The smallest absolute Gasteiger partial charge is 0.256 e. The minimum absolute atomic E-state index is 0.272. The molecule has 31 heavy (non-hydrogen) atoms. The molecule has 4 aromatic rings. The van der Waals surface area contributed by atoms with E-state index in [0.717, 1.165) is 28.4 Å². The fraction of sp³-hybridized carbons (Fsp3) is 0.174. The van der Waals surface area contributed by atoms with Crippen LogP contribution in [0.15, 0.2) is 59.1 Å². The molecule has 1 amide bonds. The lowest BCUT2D eigenvalue weighted by molar-refractivity contribution is 0.102. The lowest BCUT2D eigenvalue weighted by Crippen LogP contribution is -2.15. The van der Waals surface area contributed by atoms with Crippen molar-refractivity contribution in [2.24, 2.45) is 0 Å². The van der Waals surface area contributed by atoms with Crippen LogP contribution in [0.5, 0.6) is 5.75 Å². The second kappa shape index (κ2) is 8.65. The molecule has 0 saturated heterocycles. The van der Waals surface area contributed by atoms with Crippen LogP contribution in [0.4, 0.5) is 5.82 Å². The Morgan fingerprint density at radius 3 is 2.68 bits per heavy atom. The summed E-state index contributed by atoms with van der Waals surface area (Å²) in [7, 11) is 0. The molecule has 7 nitrogen and oxygen atoms in total. The zero-order valence-corrected chi connectivity index (χ0v) is 18.1. The highest BCUT2D eigenvalue weighted by Gasteiger charge is 2.14. The molecule has 0 radical (unpaired) electrons. The number of amides is 1. The molecule has 0 aliphatic rings. The van der Waals surface area contributed by atoms with Gasteiger partial charge in [-0.1, -0.05) is 28.9 Å². The molecule has 2 heterocycles. The van der Waals surface area contributed by atoms with Crippen molar-refractivity contribution >= 4 is 23.3 Å². The Morgan fingerprint density at radius 1 is 1.13 bits per heavy atom. The summed E-state index contributed by atoms with van der Waals surface area (Å²) in [5.41, 5.74) is 3.68. The van der Waals surface area contributed by atoms with E-state index in [1.807, 2.05) is 32.9 Å². The monoisotopic (exact) mass is 436 g/mol. The van der Waals surface area contributed by atoms with Gasteiger partial charge < -0.3 is 14.6 Å².